The first-order valence-electron chi connectivity index (χ1n) is 6.42. The number of thioether (sulfide) groups is 1. The topological polar surface area (TPSA) is 72.2 Å². The SMILES string of the molecule is Cc1cc(N)ccc1S(=O)(=O)NCC1CCSCC1. The Morgan fingerprint density at radius 2 is 2.05 bits per heavy atom. The molecule has 1 aromatic rings. The van der Waals surface area contributed by atoms with E-state index < -0.39 is 10.0 Å². The Balaban J connectivity index is 2.05. The minimum absolute atomic E-state index is 0.326. The molecule has 0 amide bonds. The molecule has 1 heterocycles. The summed E-state index contributed by atoms with van der Waals surface area (Å²) in [5, 5.41) is 0. The number of benzene rings is 1. The lowest BCUT2D eigenvalue weighted by Crippen LogP contribution is -2.31. The highest BCUT2D eigenvalue weighted by Gasteiger charge is 2.20. The van der Waals surface area contributed by atoms with Crippen LogP contribution in [-0.2, 0) is 10.0 Å². The summed E-state index contributed by atoms with van der Waals surface area (Å²) in [6, 6.07) is 4.88. The van der Waals surface area contributed by atoms with Gasteiger partial charge in [-0.1, -0.05) is 0 Å². The summed E-state index contributed by atoms with van der Waals surface area (Å²) < 4.78 is 27.2. The van der Waals surface area contributed by atoms with Crippen molar-refractivity contribution >= 4 is 27.5 Å². The Kier molecular flexibility index (Phi) is 4.76. The molecule has 0 bridgehead atoms. The molecular weight excluding hydrogens is 280 g/mol. The van der Waals surface area contributed by atoms with Gasteiger partial charge in [0.15, 0.2) is 0 Å². The average Bonchev–Trinajstić information content (AvgIpc) is 2.37. The monoisotopic (exact) mass is 300 g/mol. The van der Waals surface area contributed by atoms with Crippen LogP contribution < -0.4 is 10.5 Å². The number of nitrogens with one attached hydrogen (secondary N) is 1. The third-order valence-corrected chi connectivity index (χ3v) is 6.02. The van der Waals surface area contributed by atoms with Crippen molar-refractivity contribution in [2.24, 2.45) is 5.92 Å². The fourth-order valence-corrected chi connectivity index (χ4v) is 4.77. The highest BCUT2D eigenvalue weighted by atomic mass is 32.2. The molecule has 0 unspecified atom stereocenters. The van der Waals surface area contributed by atoms with Crippen LogP contribution >= 0.6 is 11.8 Å². The first-order valence-corrected chi connectivity index (χ1v) is 9.06. The minimum Gasteiger partial charge on any atom is -0.399 e. The van der Waals surface area contributed by atoms with Gasteiger partial charge in [-0.25, -0.2) is 13.1 Å². The van der Waals surface area contributed by atoms with E-state index >= 15 is 0 Å². The molecule has 0 aliphatic carbocycles. The molecule has 19 heavy (non-hydrogen) atoms. The van der Waals surface area contributed by atoms with Crippen LogP contribution in [0.5, 0.6) is 0 Å². The van der Waals surface area contributed by atoms with Crippen LogP contribution in [0.1, 0.15) is 18.4 Å². The van der Waals surface area contributed by atoms with Crippen LogP contribution in [-0.4, -0.2) is 26.5 Å². The number of aryl methyl sites for hydroxylation is 1. The van der Waals surface area contributed by atoms with Gasteiger partial charge in [0.1, 0.15) is 0 Å². The zero-order valence-electron chi connectivity index (χ0n) is 11.1. The van der Waals surface area contributed by atoms with Gasteiger partial charge in [-0.05, 0) is 61.0 Å². The summed E-state index contributed by atoms with van der Waals surface area (Å²) >= 11 is 1.94. The van der Waals surface area contributed by atoms with Crippen LogP contribution in [0.15, 0.2) is 23.1 Å². The number of hydrogen-bond acceptors (Lipinski definition) is 4. The summed E-state index contributed by atoms with van der Waals surface area (Å²) in [4.78, 5) is 0.326. The fraction of sp³-hybridized carbons (Fsp3) is 0.538. The van der Waals surface area contributed by atoms with E-state index in [0.29, 0.717) is 28.6 Å². The van der Waals surface area contributed by atoms with Crippen LogP contribution in [0.25, 0.3) is 0 Å². The van der Waals surface area contributed by atoms with E-state index in [9.17, 15) is 8.42 Å². The standard InChI is InChI=1S/C13H20N2O2S2/c1-10-8-12(14)2-3-13(10)19(16,17)15-9-11-4-6-18-7-5-11/h2-3,8,11,15H,4-7,9,14H2,1H3. The van der Waals surface area contributed by atoms with Crippen molar-refractivity contribution in [3.8, 4) is 0 Å². The average molecular weight is 300 g/mol. The number of rotatable bonds is 4. The highest BCUT2D eigenvalue weighted by molar-refractivity contribution is 7.99. The van der Waals surface area contributed by atoms with Crippen molar-refractivity contribution in [3.63, 3.8) is 0 Å². The first kappa shape index (κ1) is 14.7. The third kappa shape index (κ3) is 3.87. The molecule has 1 fully saturated rings. The molecule has 1 aliphatic heterocycles. The normalized spacial score (nSPS) is 17.5. The molecule has 0 radical (unpaired) electrons. The van der Waals surface area contributed by atoms with E-state index in [1.165, 1.54) is 0 Å². The molecule has 106 valence electrons. The first-order chi connectivity index (χ1) is 8.99. The second-order valence-electron chi connectivity index (χ2n) is 4.93. The molecule has 0 saturated carbocycles. The van der Waals surface area contributed by atoms with E-state index in [4.69, 9.17) is 5.73 Å². The quantitative estimate of drug-likeness (QED) is 0.834. The van der Waals surface area contributed by atoms with Crippen LogP contribution in [0, 0.1) is 12.8 Å². The number of hydrogen-bond donors (Lipinski definition) is 2. The van der Waals surface area contributed by atoms with Gasteiger partial charge in [-0.3, -0.25) is 0 Å². The molecule has 3 N–H and O–H groups in total. The molecule has 0 spiro atoms. The predicted molar refractivity (Wildman–Crippen MR) is 80.8 cm³/mol. The van der Waals surface area contributed by atoms with Crippen LogP contribution in [0.2, 0.25) is 0 Å². The van der Waals surface area contributed by atoms with Gasteiger partial charge in [-0.15, -0.1) is 0 Å². The maximum absolute atomic E-state index is 12.2. The third-order valence-electron chi connectivity index (χ3n) is 3.39. The van der Waals surface area contributed by atoms with Gasteiger partial charge in [0.25, 0.3) is 0 Å². The van der Waals surface area contributed by atoms with Crippen molar-refractivity contribution in [1.82, 2.24) is 4.72 Å². The molecule has 2 rings (SSSR count). The zero-order valence-corrected chi connectivity index (χ0v) is 12.7. The molecule has 0 aromatic heterocycles. The largest absolute Gasteiger partial charge is 0.399 e. The summed E-state index contributed by atoms with van der Waals surface area (Å²) in [6.45, 7) is 2.30. The number of sulfonamides is 1. The Morgan fingerprint density at radius 1 is 1.37 bits per heavy atom. The molecular formula is C13H20N2O2S2. The molecule has 0 atom stereocenters. The van der Waals surface area contributed by atoms with Gasteiger partial charge in [0.05, 0.1) is 4.90 Å². The maximum atomic E-state index is 12.2. The molecule has 1 saturated heterocycles. The smallest absolute Gasteiger partial charge is 0.240 e. The summed E-state index contributed by atoms with van der Waals surface area (Å²) in [5.41, 5.74) is 6.91. The van der Waals surface area contributed by atoms with Gasteiger partial charge in [-0.2, -0.15) is 11.8 Å². The van der Waals surface area contributed by atoms with Crippen molar-refractivity contribution in [3.05, 3.63) is 23.8 Å². The minimum atomic E-state index is -3.42. The Hall–Kier alpha value is -0.720. The van der Waals surface area contributed by atoms with Gasteiger partial charge in [0, 0.05) is 12.2 Å². The lowest BCUT2D eigenvalue weighted by molar-refractivity contribution is 0.476. The Bertz CT molecular complexity index is 538. The highest BCUT2D eigenvalue weighted by Crippen LogP contribution is 2.23. The second-order valence-corrected chi connectivity index (χ2v) is 7.89. The number of nitrogens with two attached hydrogens (primary N) is 1. The lowest BCUT2D eigenvalue weighted by Gasteiger charge is -2.21. The zero-order chi connectivity index (χ0) is 13.9. The van der Waals surface area contributed by atoms with Gasteiger partial charge < -0.3 is 5.73 Å². The van der Waals surface area contributed by atoms with Crippen molar-refractivity contribution in [2.45, 2.75) is 24.7 Å². The van der Waals surface area contributed by atoms with E-state index in [2.05, 4.69) is 4.72 Å². The Morgan fingerprint density at radius 3 is 2.68 bits per heavy atom. The molecule has 1 aromatic carbocycles. The van der Waals surface area contributed by atoms with Crippen molar-refractivity contribution in [2.75, 3.05) is 23.8 Å². The van der Waals surface area contributed by atoms with Gasteiger partial charge >= 0.3 is 0 Å². The van der Waals surface area contributed by atoms with Crippen LogP contribution in [0.3, 0.4) is 0 Å². The van der Waals surface area contributed by atoms with E-state index in [1.54, 1.807) is 25.1 Å². The Labute approximate surface area is 119 Å². The fourth-order valence-electron chi connectivity index (χ4n) is 2.23. The van der Waals surface area contributed by atoms with Crippen molar-refractivity contribution in [1.29, 1.82) is 0 Å². The lowest BCUT2D eigenvalue weighted by atomic mass is 10.0. The molecule has 4 nitrogen and oxygen atoms in total. The summed E-state index contributed by atoms with van der Waals surface area (Å²) in [6.07, 6.45) is 2.18. The number of anilines is 1. The van der Waals surface area contributed by atoms with E-state index in [0.717, 1.165) is 24.3 Å². The molecule has 1 aliphatic rings. The van der Waals surface area contributed by atoms with Crippen molar-refractivity contribution < 1.29 is 8.42 Å². The molecule has 6 heteroatoms. The predicted octanol–water partition coefficient (Wildman–Crippen LogP) is 2.00. The maximum Gasteiger partial charge on any atom is 0.240 e. The summed E-state index contributed by atoms with van der Waals surface area (Å²) in [7, 11) is -3.42. The van der Waals surface area contributed by atoms with E-state index in [1.807, 2.05) is 11.8 Å². The second kappa shape index (κ2) is 6.15. The summed E-state index contributed by atoms with van der Waals surface area (Å²) in [5.74, 6) is 2.73. The number of nitrogen functional groups attached to an aromatic ring is 1. The van der Waals surface area contributed by atoms with E-state index in [-0.39, 0.29) is 0 Å². The van der Waals surface area contributed by atoms with Gasteiger partial charge in [0.2, 0.25) is 10.0 Å². The van der Waals surface area contributed by atoms with Crippen LogP contribution in [0.4, 0.5) is 5.69 Å².